The van der Waals surface area contributed by atoms with Crippen LogP contribution in [0.1, 0.15) is 73.4 Å². The van der Waals surface area contributed by atoms with Crippen LogP contribution < -0.4 is 0 Å². The van der Waals surface area contributed by atoms with Gasteiger partial charge in [-0.05, 0) is 36.1 Å². The van der Waals surface area contributed by atoms with Crippen LogP contribution in [0.15, 0.2) is 22.8 Å². The molecule has 0 aliphatic heterocycles. The highest BCUT2D eigenvalue weighted by Gasteiger charge is 2.63. The lowest BCUT2D eigenvalue weighted by atomic mass is 9.99. The van der Waals surface area contributed by atoms with Gasteiger partial charge in [0, 0.05) is 19.5 Å². The standard InChI is InChI=1S/C42H6F8N8O4S4/c1-11-17-23(13(7-51)55-3)39(43,44)25(15(9-53)57-5)29(17)63-27(11)31-19-21(37(61)41(47,48)35(19)59)33(65-31)34-22-20(36(60)42(49,50)38(22)62)32(66-34)28-12(2)18-24(14(8-52)56-4)40(45,46)26(30(18)64-28)16(10-54)58-6/h1-2H3/b23-13-,24-14+,25-15-,26-16+. The van der Waals surface area contributed by atoms with E-state index in [1.54, 1.807) is 0 Å². The van der Waals surface area contributed by atoms with Gasteiger partial charge >= 0.3 is 11.8 Å². The van der Waals surface area contributed by atoms with Gasteiger partial charge < -0.3 is 0 Å². The minimum absolute atomic E-state index is 0.233. The number of fused-ring (bicyclic) bond motifs is 4. The molecule has 0 unspecified atom stereocenters. The first-order valence-corrected chi connectivity index (χ1v) is 20.7. The zero-order valence-electron chi connectivity index (χ0n) is 31.9. The molecule has 4 aliphatic carbocycles. The first kappa shape index (κ1) is 44.4. The van der Waals surface area contributed by atoms with Gasteiger partial charge in [0.2, 0.25) is 23.1 Å². The number of ketones is 4. The van der Waals surface area contributed by atoms with E-state index < -0.39 is 155 Å². The van der Waals surface area contributed by atoms with Crippen LogP contribution in [0.25, 0.3) is 70.9 Å². The third-order valence-corrected chi connectivity index (χ3v) is 16.3. The number of nitrogens with zero attached hydrogens (tertiary/aromatic N) is 8. The van der Waals surface area contributed by atoms with E-state index >= 15 is 35.1 Å². The fraction of sp³-hybridized carbons (Fsp3) is 0.143. The maximum absolute atomic E-state index is 16.1. The number of nitriles is 4. The van der Waals surface area contributed by atoms with Gasteiger partial charge in [-0.15, -0.1) is 45.3 Å². The van der Waals surface area contributed by atoms with Crippen molar-refractivity contribution in [2.45, 2.75) is 37.5 Å². The van der Waals surface area contributed by atoms with Crippen LogP contribution in [0, 0.1) is 85.5 Å². The van der Waals surface area contributed by atoms with Crippen molar-refractivity contribution in [1.82, 2.24) is 0 Å². The molecule has 0 saturated carbocycles. The number of rotatable bonds is 3. The molecule has 12 nitrogen and oxygen atoms in total. The van der Waals surface area contributed by atoms with Crippen molar-refractivity contribution >= 4 is 90.8 Å². The van der Waals surface area contributed by atoms with Crippen LogP contribution in [0.2, 0.25) is 0 Å². The molecular weight excluding hydrogens is 961 g/mol. The number of allylic oxidation sites excluding steroid dienone is 8. The van der Waals surface area contributed by atoms with Gasteiger partial charge in [0.15, 0.2) is 0 Å². The Morgan fingerprint density at radius 2 is 0.621 bits per heavy atom. The topological polar surface area (TPSA) is 181 Å². The number of thiophene rings is 4. The van der Waals surface area contributed by atoms with Crippen LogP contribution in [-0.2, 0) is 0 Å². The SMILES string of the molecule is [C-]#[N+]/C(C#N)=C1/c2c(sc(-c3sc(-c4sc(-c5sc6c(c5C)/C(=C(/C#N)[N+]#[C-])C(F)(F)/C6=C(\C#N)[N+]#[C-])c5c4C(=O)C(F)(F)C5=O)c4c3C(=O)C(F)(F)C4=O)c2C)/C(=C(\C#N)[N+]#[C-])C1(F)F. The highest BCUT2D eigenvalue weighted by atomic mass is 32.1. The Bertz CT molecular complexity index is 3400. The van der Waals surface area contributed by atoms with Gasteiger partial charge in [-0.2, -0.15) is 35.1 Å². The maximum atomic E-state index is 16.1. The number of carbonyl (C=O) groups excluding carboxylic acids is 4. The minimum atomic E-state index is -4.87. The van der Waals surface area contributed by atoms with E-state index in [-0.39, 0.29) is 66.2 Å². The van der Waals surface area contributed by atoms with Crippen molar-refractivity contribution < 1.29 is 54.3 Å². The number of halogens is 8. The summed E-state index contributed by atoms with van der Waals surface area (Å²) in [7, 11) is 0. The number of alkyl halides is 8. The van der Waals surface area contributed by atoms with E-state index in [1.165, 1.54) is 24.3 Å². The lowest BCUT2D eigenvalue weighted by Gasteiger charge is -2.16. The lowest BCUT2D eigenvalue weighted by molar-refractivity contribution is 0.0185. The Morgan fingerprint density at radius 1 is 0.394 bits per heavy atom. The summed E-state index contributed by atoms with van der Waals surface area (Å²) in [6, 6.07) is 5.23. The maximum Gasteiger partial charge on any atom is 0.371 e. The van der Waals surface area contributed by atoms with Gasteiger partial charge in [-0.3, -0.25) is 19.2 Å². The van der Waals surface area contributed by atoms with Gasteiger partial charge in [-0.1, -0.05) is 0 Å². The molecule has 4 aromatic heterocycles. The highest BCUT2D eigenvalue weighted by Crippen LogP contribution is 2.65. The van der Waals surface area contributed by atoms with Gasteiger partial charge in [0.1, 0.15) is 0 Å². The lowest BCUT2D eigenvalue weighted by Crippen LogP contribution is -2.31. The Labute approximate surface area is 378 Å². The summed E-state index contributed by atoms with van der Waals surface area (Å²) in [6.45, 7) is 31.7. The summed E-state index contributed by atoms with van der Waals surface area (Å²) in [5, 5.41) is 38.6. The van der Waals surface area contributed by atoms with Crippen molar-refractivity contribution in [1.29, 1.82) is 21.0 Å². The molecule has 0 N–H and O–H groups in total. The average molecular weight is 967 g/mol. The quantitative estimate of drug-likeness (QED) is 0.0841. The highest BCUT2D eigenvalue weighted by molar-refractivity contribution is 7.30. The summed E-state index contributed by atoms with van der Waals surface area (Å²) in [5.74, 6) is -27.2. The van der Waals surface area contributed by atoms with Gasteiger partial charge in [-0.25, -0.2) is 40.4 Å². The fourth-order valence-corrected chi connectivity index (χ4v) is 14.0. The van der Waals surface area contributed by atoms with Gasteiger partial charge in [0.05, 0.1) is 115 Å². The van der Waals surface area contributed by atoms with Crippen molar-refractivity contribution in [3.8, 4) is 53.5 Å². The molecule has 0 spiro atoms. The molecule has 24 heteroatoms. The van der Waals surface area contributed by atoms with E-state index in [4.69, 9.17) is 26.3 Å². The molecule has 4 aromatic rings. The van der Waals surface area contributed by atoms with E-state index in [0.717, 1.165) is 13.8 Å². The first-order valence-electron chi connectivity index (χ1n) is 17.4. The molecule has 0 atom stereocenters. The predicted octanol–water partition coefficient (Wildman–Crippen LogP) is 11.5. The predicted molar refractivity (Wildman–Crippen MR) is 217 cm³/mol. The zero-order chi connectivity index (χ0) is 48.7. The van der Waals surface area contributed by atoms with E-state index in [0.29, 0.717) is 0 Å². The van der Waals surface area contributed by atoms with Gasteiger partial charge in [0.25, 0.3) is 34.6 Å². The summed E-state index contributed by atoms with van der Waals surface area (Å²) in [6.07, 6.45) is 0. The first-order chi connectivity index (χ1) is 31.0. The second kappa shape index (κ2) is 14.1. The molecule has 4 heterocycles. The third kappa shape index (κ3) is 5.18. The normalized spacial score (nSPS) is 20.6. The van der Waals surface area contributed by atoms with Crippen molar-refractivity contribution in [3.05, 3.63) is 123 Å². The molecule has 0 bridgehead atoms. The monoisotopic (exact) mass is 966 g/mol. The molecule has 0 aromatic carbocycles. The summed E-state index contributed by atoms with van der Waals surface area (Å²) in [5.41, 5.74) is -16.3. The van der Waals surface area contributed by atoms with E-state index in [9.17, 15) is 40.2 Å². The van der Waals surface area contributed by atoms with E-state index in [2.05, 4.69) is 19.4 Å². The number of hydrogen-bond acceptors (Lipinski definition) is 12. The summed E-state index contributed by atoms with van der Waals surface area (Å²) >= 11 is 1.02. The Morgan fingerprint density at radius 3 is 0.864 bits per heavy atom. The zero-order valence-corrected chi connectivity index (χ0v) is 35.1. The molecule has 0 radical (unpaired) electrons. The number of Topliss-reactive ketones (excluding diaryl/α,β-unsaturated/α-hetero) is 4. The summed E-state index contributed by atoms with van der Waals surface area (Å²) in [4.78, 5) is 60.9. The van der Waals surface area contributed by atoms with Crippen molar-refractivity contribution in [2.24, 2.45) is 0 Å². The van der Waals surface area contributed by atoms with Crippen LogP contribution in [0.4, 0.5) is 35.1 Å². The molecule has 4 aliphatic rings. The van der Waals surface area contributed by atoms with Crippen LogP contribution in [0.3, 0.4) is 0 Å². The van der Waals surface area contributed by atoms with Crippen LogP contribution >= 0.6 is 45.3 Å². The largest absolute Gasteiger partial charge is 0.371 e. The molecule has 66 heavy (non-hydrogen) atoms. The molecule has 0 saturated heterocycles. The summed E-state index contributed by atoms with van der Waals surface area (Å²) < 4.78 is 127. The molecule has 8 rings (SSSR count). The Balaban J connectivity index is 1.49. The van der Waals surface area contributed by atoms with E-state index in [1.807, 2.05) is 0 Å². The molecular formula is C42H6F8N8O4S4. The average Bonchev–Trinajstić information content (AvgIpc) is 4.13. The minimum Gasteiger partial charge on any atom is -0.287 e. The second-order valence-electron chi connectivity index (χ2n) is 13.9. The molecule has 318 valence electrons. The van der Waals surface area contributed by atoms with Crippen LogP contribution in [0.5, 0.6) is 0 Å². The number of hydrogen-bond donors (Lipinski definition) is 0. The number of carbonyl (C=O) groups is 4. The van der Waals surface area contributed by atoms with Crippen molar-refractivity contribution in [3.63, 3.8) is 0 Å². The second-order valence-corrected chi connectivity index (χ2v) is 18.0. The molecule has 0 fully saturated rings. The Kier molecular flexibility index (Phi) is 9.52. The Hall–Kier alpha value is -8.20. The molecule has 0 amide bonds. The fourth-order valence-electron chi connectivity index (χ4n) is 8.06. The third-order valence-electron chi connectivity index (χ3n) is 10.8. The smallest absolute Gasteiger partial charge is 0.287 e. The van der Waals surface area contributed by atoms with Crippen LogP contribution in [-0.4, -0.2) is 46.8 Å². The van der Waals surface area contributed by atoms with Crippen molar-refractivity contribution in [2.75, 3.05) is 0 Å².